The van der Waals surface area contributed by atoms with E-state index in [0.29, 0.717) is 6.42 Å². The van der Waals surface area contributed by atoms with Crippen LogP contribution in [0.5, 0.6) is 0 Å². The maximum atomic E-state index is 7.18. The zero-order valence-corrected chi connectivity index (χ0v) is 7.49. The van der Waals surface area contributed by atoms with Gasteiger partial charge in [0.1, 0.15) is 5.69 Å². The molecule has 0 radical (unpaired) electrons. The molecule has 70 valence electrons. The third-order valence-corrected chi connectivity index (χ3v) is 2.14. The monoisotopic (exact) mass is 180 g/mol. The molecule has 1 aliphatic rings. The molecule has 0 unspecified atom stereocenters. The summed E-state index contributed by atoms with van der Waals surface area (Å²) in [6.07, 6.45) is 0.389. The van der Waals surface area contributed by atoms with Gasteiger partial charge in [0.2, 0.25) is 0 Å². The van der Waals surface area contributed by atoms with Crippen molar-refractivity contribution >= 4 is 11.7 Å². The van der Waals surface area contributed by atoms with Gasteiger partial charge in [-0.3, -0.25) is 5.41 Å². The van der Waals surface area contributed by atoms with Crippen molar-refractivity contribution in [2.45, 2.75) is 13.0 Å². The molecular weight excluding hydrogens is 168 g/mol. The number of aromatic nitrogens is 3. The average molecular weight is 180 g/mol. The third-order valence-electron chi connectivity index (χ3n) is 2.14. The number of hydrogen-bond acceptors (Lipinski definition) is 4. The predicted molar refractivity (Wildman–Crippen MR) is 48.9 cm³/mol. The zero-order valence-electron chi connectivity index (χ0n) is 7.49. The summed E-state index contributed by atoms with van der Waals surface area (Å²) >= 11 is 0. The normalized spacial score (nSPS) is 14.7. The summed E-state index contributed by atoms with van der Waals surface area (Å²) in [6, 6.07) is 0. The molecule has 2 heterocycles. The molecule has 0 aliphatic carbocycles. The minimum atomic E-state index is 0.128. The smallest absolute Gasteiger partial charge is 0.151 e. The van der Waals surface area contributed by atoms with Crippen LogP contribution in [0.1, 0.15) is 5.69 Å². The highest BCUT2D eigenvalue weighted by Gasteiger charge is 2.22. The second-order valence-electron chi connectivity index (χ2n) is 3.21. The van der Waals surface area contributed by atoms with Crippen LogP contribution in [0.2, 0.25) is 0 Å². The van der Waals surface area contributed by atoms with Gasteiger partial charge < -0.3 is 10.6 Å². The molecule has 0 fully saturated rings. The van der Waals surface area contributed by atoms with Crippen molar-refractivity contribution in [1.29, 1.82) is 5.41 Å². The Hall–Kier alpha value is -1.59. The fraction of sp³-hybridized carbons (Fsp3) is 0.571. The van der Waals surface area contributed by atoms with Gasteiger partial charge in [-0.25, -0.2) is 4.68 Å². The topological polar surface area (TPSA) is 83.8 Å². The molecule has 1 aromatic heterocycles. The van der Waals surface area contributed by atoms with E-state index in [1.807, 2.05) is 11.7 Å². The first kappa shape index (κ1) is 8.03. The molecular formula is C7H12N6. The summed E-state index contributed by atoms with van der Waals surface area (Å²) in [5.74, 6) is 1.12. The van der Waals surface area contributed by atoms with Crippen molar-refractivity contribution < 1.29 is 0 Å². The van der Waals surface area contributed by atoms with Crippen LogP contribution in [-0.2, 0) is 13.0 Å². The molecule has 0 spiro atoms. The molecule has 0 bridgehead atoms. The molecule has 1 aromatic rings. The van der Waals surface area contributed by atoms with Gasteiger partial charge in [-0.1, -0.05) is 5.21 Å². The summed E-state index contributed by atoms with van der Waals surface area (Å²) in [5, 5.41) is 15.1. The first-order valence-electron chi connectivity index (χ1n) is 4.15. The molecule has 2 rings (SSSR count). The Bertz CT molecular complexity index is 341. The molecule has 0 atom stereocenters. The third kappa shape index (κ3) is 1.24. The Labute approximate surface area is 75.8 Å². The van der Waals surface area contributed by atoms with E-state index in [4.69, 9.17) is 11.1 Å². The van der Waals surface area contributed by atoms with E-state index in [9.17, 15) is 0 Å². The number of nitrogens with one attached hydrogen (secondary N) is 1. The van der Waals surface area contributed by atoms with Crippen molar-refractivity contribution in [3.8, 4) is 0 Å². The lowest BCUT2D eigenvalue weighted by Gasteiger charge is -2.09. The van der Waals surface area contributed by atoms with E-state index in [0.717, 1.165) is 24.6 Å². The van der Waals surface area contributed by atoms with Gasteiger partial charge in [0.15, 0.2) is 5.82 Å². The maximum Gasteiger partial charge on any atom is 0.151 e. The Morgan fingerprint density at radius 3 is 3.08 bits per heavy atom. The summed E-state index contributed by atoms with van der Waals surface area (Å²) in [6.45, 7) is 1.83. The van der Waals surface area contributed by atoms with Crippen molar-refractivity contribution in [2.24, 2.45) is 5.73 Å². The van der Waals surface area contributed by atoms with Crippen LogP contribution in [-0.4, -0.2) is 34.4 Å². The van der Waals surface area contributed by atoms with E-state index in [1.54, 1.807) is 0 Å². The number of amidine groups is 1. The zero-order chi connectivity index (χ0) is 9.42. The van der Waals surface area contributed by atoms with Gasteiger partial charge in [-0.05, 0) is 0 Å². The lowest BCUT2D eigenvalue weighted by atomic mass is 10.3. The second-order valence-corrected chi connectivity index (χ2v) is 3.21. The summed E-state index contributed by atoms with van der Waals surface area (Å²) in [5.41, 5.74) is 6.11. The van der Waals surface area contributed by atoms with Gasteiger partial charge in [0.05, 0.1) is 18.8 Å². The van der Waals surface area contributed by atoms with Crippen LogP contribution in [0.15, 0.2) is 0 Å². The van der Waals surface area contributed by atoms with Gasteiger partial charge in [0, 0.05) is 13.6 Å². The fourth-order valence-electron chi connectivity index (χ4n) is 1.56. The minimum Gasteiger partial charge on any atom is -0.387 e. The number of fused-ring (bicyclic) bond motifs is 1. The first-order chi connectivity index (χ1) is 6.18. The van der Waals surface area contributed by atoms with Crippen LogP contribution in [0.4, 0.5) is 5.82 Å². The lowest BCUT2D eigenvalue weighted by Crippen LogP contribution is -2.18. The van der Waals surface area contributed by atoms with E-state index in [2.05, 4.69) is 15.2 Å². The van der Waals surface area contributed by atoms with Crippen LogP contribution in [0.3, 0.4) is 0 Å². The molecule has 0 saturated carbocycles. The van der Waals surface area contributed by atoms with Crippen LogP contribution in [0, 0.1) is 5.41 Å². The molecule has 6 nitrogen and oxygen atoms in total. The van der Waals surface area contributed by atoms with Gasteiger partial charge in [-0.2, -0.15) is 0 Å². The highest BCUT2D eigenvalue weighted by atomic mass is 15.5. The Kier molecular flexibility index (Phi) is 1.68. The van der Waals surface area contributed by atoms with Crippen molar-refractivity contribution in [3.63, 3.8) is 0 Å². The van der Waals surface area contributed by atoms with E-state index in [-0.39, 0.29) is 5.84 Å². The number of nitrogens with two attached hydrogens (primary N) is 1. The van der Waals surface area contributed by atoms with Crippen molar-refractivity contribution in [1.82, 2.24) is 15.0 Å². The lowest BCUT2D eigenvalue weighted by molar-refractivity contribution is 0.649. The second kappa shape index (κ2) is 2.72. The minimum absolute atomic E-state index is 0.128. The molecule has 1 aliphatic heterocycles. The number of likely N-dealkylation sites (N-methyl/N-ethyl adjacent to an activating group) is 1. The highest BCUT2D eigenvalue weighted by molar-refractivity contribution is 5.80. The number of nitrogens with zero attached hydrogens (tertiary/aromatic N) is 4. The first-order valence-corrected chi connectivity index (χ1v) is 4.15. The van der Waals surface area contributed by atoms with Crippen molar-refractivity contribution in [2.75, 3.05) is 18.5 Å². The van der Waals surface area contributed by atoms with Crippen molar-refractivity contribution in [3.05, 3.63) is 5.69 Å². The van der Waals surface area contributed by atoms with Gasteiger partial charge in [0.25, 0.3) is 0 Å². The Morgan fingerprint density at radius 1 is 1.62 bits per heavy atom. The number of anilines is 1. The van der Waals surface area contributed by atoms with Gasteiger partial charge in [-0.15, -0.1) is 5.10 Å². The molecule has 6 heteroatoms. The standard InChI is InChI=1S/C7H12N6/c1-12-2-3-13-7(12)5(10-11-13)4-6(8)9/h2-4H2,1H3,(H3,8,9). The van der Waals surface area contributed by atoms with Crippen LogP contribution < -0.4 is 10.6 Å². The predicted octanol–water partition coefficient (Wildman–Crippen LogP) is -0.794. The molecule has 13 heavy (non-hydrogen) atoms. The molecule has 0 saturated heterocycles. The Morgan fingerprint density at radius 2 is 2.38 bits per heavy atom. The largest absolute Gasteiger partial charge is 0.387 e. The van der Waals surface area contributed by atoms with E-state index >= 15 is 0 Å². The molecule has 0 amide bonds. The highest BCUT2D eigenvalue weighted by Crippen LogP contribution is 2.21. The summed E-state index contributed by atoms with van der Waals surface area (Å²) < 4.78 is 1.85. The Balaban J connectivity index is 2.32. The maximum absolute atomic E-state index is 7.18. The fourth-order valence-corrected chi connectivity index (χ4v) is 1.56. The van der Waals surface area contributed by atoms with E-state index < -0.39 is 0 Å². The van der Waals surface area contributed by atoms with Crippen LogP contribution in [0.25, 0.3) is 0 Å². The number of rotatable bonds is 2. The average Bonchev–Trinajstić information content (AvgIpc) is 2.56. The van der Waals surface area contributed by atoms with Gasteiger partial charge >= 0.3 is 0 Å². The summed E-state index contributed by atoms with van der Waals surface area (Å²) in [7, 11) is 1.99. The number of hydrogen-bond donors (Lipinski definition) is 2. The quantitative estimate of drug-likeness (QED) is 0.461. The van der Waals surface area contributed by atoms with E-state index in [1.165, 1.54) is 0 Å². The summed E-state index contributed by atoms with van der Waals surface area (Å²) in [4.78, 5) is 2.08. The SMILES string of the molecule is CN1CCn2nnc(CC(=N)N)c21. The molecule has 0 aromatic carbocycles. The molecule has 3 N–H and O–H groups in total. The van der Waals surface area contributed by atoms with Crippen LogP contribution >= 0.6 is 0 Å².